The number of likely N-dealkylation sites (N-methyl/N-ethyl adjacent to an activating group) is 1. The summed E-state index contributed by atoms with van der Waals surface area (Å²) in [6.45, 7) is 2.17. The van der Waals surface area contributed by atoms with Crippen LogP contribution in [-0.2, 0) is 0 Å². The first-order chi connectivity index (χ1) is 8.16. The second kappa shape index (κ2) is 5.31. The maximum atomic E-state index is 4.44. The highest BCUT2D eigenvalue weighted by Crippen LogP contribution is 2.15. The van der Waals surface area contributed by atoms with Crippen molar-refractivity contribution in [2.24, 2.45) is 0 Å². The van der Waals surface area contributed by atoms with E-state index in [-0.39, 0.29) is 0 Å². The maximum absolute atomic E-state index is 4.44. The fourth-order valence-corrected chi connectivity index (χ4v) is 2.12. The Morgan fingerprint density at radius 1 is 1.53 bits per heavy atom. The Kier molecular flexibility index (Phi) is 3.78. The minimum absolute atomic E-state index is 0.632. The molecule has 0 saturated carbocycles. The van der Waals surface area contributed by atoms with Crippen LogP contribution in [0, 0.1) is 0 Å². The molecule has 2 rings (SSSR count). The van der Waals surface area contributed by atoms with Crippen molar-refractivity contribution in [1.29, 1.82) is 0 Å². The third kappa shape index (κ3) is 3.06. The monoisotopic (exact) mass is 235 g/mol. The van der Waals surface area contributed by atoms with Gasteiger partial charge in [-0.15, -0.1) is 0 Å². The highest BCUT2D eigenvalue weighted by molar-refractivity contribution is 5.40. The van der Waals surface area contributed by atoms with Crippen LogP contribution in [0.4, 0.5) is 11.8 Å². The van der Waals surface area contributed by atoms with E-state index in [0.717, 1.165) is 18.3 Å². The molecule has 94 valence electrons. The summed E-state index contributed by atoms with van der Waals surface area (Å²) in [6.07, 6.45) is 4.37. The average molecular weight is 235 g/mol. The van der Waals surface area contributed by atoms with Crippen LogP contribution in [0.2, 0.25) is 0 Å². The lowest BCUT2D eigenvalue weighted by Crippen LogP contribution is -2.31. The molecule has 2 heterocycles. The summed E-state index contributed by atoms with van der Waals surface area (Å²) in [4.78, 5) is 13.0. The number of anilines is 2. The van der Waals surface area contributed by atoms with Crippen molar-refractivity contribution in [1.82, 2.24) is 14.9 Å². The molecule has 1 saturated heterocycles. The van der Waals surface area contributed by atoms with Gasteiger partial charge in [-0.2, -0.15) is 4.98 Å². The second-order valence-corrected chi connectivity index (χ2v) is 4.79. The summed E-state index contributed by atoms with van der Waals surface area (Å²) in [5.74, 6) is 1.65. The van der Waals surface area contributed by atoms with Gasteiger partial charge in [0.2, 0.25) is 5.95 Å². The van der Waals surface area contributed by atoms with Crippen molar-refractivity contribution in [3.63, 3.8) is 0 Å². The van der Waals surface area contributed by atoms with E-state index in [1.54, 1.807) is 6.20 Å². The number of likely N-dealkylation sites (tertiary alicyclic amines) is 1. The topological polar surface area (TPSA) is 44.3 Å². The zero-order chi connectivity index (χ0) is 12.3. The van der Waals surface area contributed by atoms with Gasteiger partial charge in [-0.1, -0.05) is 0 Å². The number of rotatable bonds is 4. The van der Waals surface area contributed by atoms with Gasteiger partial charge < -0.3 is 15.1 Å². The first-order valence-corrected chi connectivity index (χ1v) is 6.11. The van der Waals surface area contributed by atoms with Gasteiger partial charge >= 0.3 is 0 Å². The predicted octanol–water partition coefficient (Wildman–Crippen LogP) is 1.05. The molecule has 5 heteroatoms. The number of hydrogen-bond donors (Lipinski definition) is 1. The normalized spacial score (nSPS) is 20.5. The van der Waals surface area contributed by atoms with Crippen LogP contribution in [0.25, 0.3) is 0 Å². The summed E-state index contributed by atoms with van der Waals surface area (Å²) < 4.78 is 0. The quantitative estimate of drug-likeness (QED) is 0.845. The Bertz CT molecular complexity index is 366. The summed E-state index contributed by atoms with van der Waals surface area (Å²) in [5.41, 5.74) is 0. The lowest BCUT2D eigenvalue weighted by atomic mass is 10.2. The Hall–Kier alpha value is -1.36. The minimum Gasteiger partial charge on any atom is -0.368 e. The molecule has 1 atom stereocenters. The van der Waals surface area contributed by atoms with E-state index in [9.17, 15) is 0 Å². The van der Waals surface area contributed by atoms with Crippen LogP contribution in [0.3, 0.4) is 0 Å². The van der Waals surface area contributed by atoms with Crippen LogP contribution in [0.1, 0.15) is 12.8 Å². The molecule has 0 bridgehead atoms. The maximum Gasteiger partial charge on any atom is 0.226 e. The highest BCUT2D eigenvalue weighted by atomic mass is 15.2. The summed E-state index contributed by atoms with van der Waals surface area (Å²) in [6, 6.07) is 2.55. The molecular weight excluding hydrogens is 214 g/mol. The Morgan fingerprint density at radius 3 is 3.00 bits per heavy atom. The molecule has 1 aromatic rings. The minimum atomic E-state index is 0.632. The Morgan fingerprint density at radius 2 is 2.35 bits per heavy atom. The summed E-state index contributed by atoms with van der Waals surface area (Å²) in [5, 5.41) is 3.39. The van der Waals surface area contributed by atoms with Gasteiger partial charge in [-0.05, 0) is 32.5 Å². The van der Waals surface area contributed by atoms with E-state index in [4.69, 9.17) is 0 Å². The van der Waals surface area contributed by atoms with E-state index in [2.05, 4.69) is 27.2 Å². The molecule has 1 aliphatic heterocycles. The van der Waals surface area contributed by atoms with Gasteiger partial charge in [0.15, 0.2) is 0 Å². The summed E-state index contributed by atoms with van der Waals surface area (Å²) >= 11 is 0. The largest absolute Gasteiger partial charge is 0.368 e. The molecule has 0 spiro atoms. The van der Waals surface area contributed by atoms with E-state index < -0.39 is 0 Å². The number of hydrogen-bond acceptors (Lipinski definition) is 5. The Balaban J connectivity index is 1.92. The van der Waals surface area contributed by atoms with Crippen molar-refractivity contribution < 1.29 is 0 Å². The van der Waals surface area contributed by atoms with Gasteiger partial charge in [0.05, 0.1) is 0 Å². The molecule has 1 aliphatic rings. The van der Waals surface area contributed by atoms with Gasteiger partial charge in [-0.3, -0.25) is 0 Å². The molecule has 1 aromatic heterocycles. The molecule has 0 aromatic carbocycles. The van der Waals surface area contributed by atoms with E-state index >= 15 is 0 Å². The molecule has 0 amide bonds. The van der Waals surface area contributed by atoms with Crippen molar-refractivity contribution in [3.8, 4) is 0 Å². The smallest absolute Gasteiger partial charge is 0.226 e. The molecule has 1 N–H and O–H groups in total. The fraction of sp³-hybridized carbons (Fsp3) is 0.667. The SMILES string of the molecule is CN(C)c1nccc(NCC2CCCN2C)n1. The second-order valence-electron chi connectivity index (χ2n) is 4.79. The van der Waals surface area contributed by atoms with Crippen LogP contribution < -0.4 is 10.2 Å². The molecule has 0 aliphatic carbocycles. The predicted molar refractivity (Wildman–Crippen MR) is 70.5 cm³/mol. The number of nitrogens with zero attached hydrogens (tertiary/aromatic N) is 4. The van der Waals surface area contributed by atoms with Crippen LogP contribution in [0.15, 0.2) is 12.3 Å². The van der Waals surface area contributed by atoms with Crippen molar-refractivity contribution in [2.75, 3.05) is 44.4 Å². The van der Waals surface area contributed by atoms with Gasteiger partial charge in [-0.25, -0.2) is 4.98 Å². The highest BCUT2D eigenvalue weighted by Gasteiger charge is 2.20. The van der Waals surface area contributed by atoms with Gasteiger partial charge in [0.1, 0.15) is 5.82 Å². The zero-order valence-electron chi connectivity index (χ0n) is 10.8. The summed E-state index contributed by atoms with van der Waals surface area (Å²) in [7, 11) is 6.08. The number of nitrogens with one attached hydrogen (secondary N) is 1. The molecule has 5 nitrogen and oxygen atoms in total. The van der Waals surface area contributed by atoms with E-state index in [1.165, 1.54) is 19.4 Å². The van der Waals surface area contributed by atoms with Crippen molar-refractivity contribution in [3.05, 3.63) is 12.3 Å². The fourth-order valence-electron chi connectivity index (χ4n) is 2.12. The molecule has 1 fully saturated rings. The van der Waals surface area contributed by atoms with Crippen molar-refractivity contribution >= 4 is 11.8 Å². The van der Waals surface area contributed by atoms with Gasteiger partial charge in [0.25, 0.3) is 0 Å². The Labute approximate surface area is 103 Å². The van der Waals surface area contributed by atoms with Crippen LogP contribution >= 0.6 is 0 Å². The molecular formula is C12H21N5. The van der Waals surface area contributed by atoms with Crippen LogP contribution in [-0.4, -0.2) is 55.1 Å². The standard InChI is InChI=1S/C12H21N5/c1-16(2)12-13-7-6-11(15-12)14-9-10-5-4-8-17(10)3/h6-7,10H,4-5,8-9H2,1-3H3,(H,13,14,15). The molecule has 0 radical (unpaired) electrons. The van der Waals surface area contributed by atoms with Crippen LogP contribution in [0.5, 0.6) is 0 Å². The third-order valence-electron chi connectivity index (χ3n) is 3.23. The first-order valence-electron chi connectivity index (χ1n) is 6.11. The zero-order valence-corrected chi connectivity index (χ0v) is 10.8. The van der Waals surface area contributed by atoms with E-state index in [1.807, 2.05) is 25.1 Å². The molecule has 17 heavy (non-hydrogen) atoms. The van der Waals surface area contributed by atoms with Crippen molar-refractivity contribution in [2.45, 2.75) is 18.9 Å². The first kappa shape index (κ1) is 12.1. The van der Waals surface area contributed by atoms with E-state index in [0.29, 0.717) is 6.04 Å². The molecule has 1 unspecified atom stereocenters. The lowest BCUT2D eigenvalue weighted by Gasteiger charge is -2.20. The van der Waals surface area contributed by atoms with Gasteiger partial charge in [0, 0.05) is 32.9 Å². The average Bonchev–Trinajstić information content (AvgIpc) is 2.72. The third-order valence-corrected chi connectivity index (χ3v) is 3.23. The number of aromatic nitrogens is 2. The lowest BCUT2D eigenvalue weighted by molar-refractivity contribution is 0.322.